The molecule has 140 valence electrons. The second-order valence-electron chi connectivity index (χ2n) is 8.87. The summed E-state index contributed by atoms with van der Waals surface area (Å²) in [6.45, 7) is 11.4. The number of nitrogens with two attached hydrogens (primary N) is 1. The van der Waals surface area contributed by atoms with Crippen LogP contribution in [0.5, 0.6) is 0 Å². The van der Waals surface area contributed by atoms with Crippen molar-refractivity contribution < 1.29 is 19.1 Å². The fraction of sp³-hybridized carbons (Fsp3) is 0.789. The van der Waals surface area contributed by atoms with Crippen LogP contribution in [0, 0.1) is 16.7 Å². The van der Waals surface area contributed by atoms with Crippen molar-refractivity contribution in [1.82, 2.24) is 5.32 Å². The number of esters is 2. The highest BCUT2D eigenvalue weighted by atomic mass is 16.6. The van der Waals surface area contributed by atoms with E-state index in [1.165, 1.54) is 0 Å². The zero-order valence-corrected chi connectivity index (χ0v) is 15.5. The lowest BCUT2D eigenvalue weighted by Crippen LogP contribution is -2.62. The molecule has 2 unspecified atom stereocenters. The zero-order valence-electron chi connectivity index (χ0n) is 15.5. The molecule has 3 rings (SSSR count). The van der Waals surface area contributed by atoms with Gasteiger partial charge in [0, 0.05) is 13.0 Å². The standard InChI is InChI=1S/C19H30N2O4/c1-12(20)15(22)25-19-9-10-21-11-14(19)24-16(23)18(19)7-5-13(6-8-18)17(2,3)4/h13-14,21H,1,5-11,20H2,2-4H3. The number of fused-ring (bicyclic) bond motifs is 2. The summed E-state index contributed by atoms with van der Waals surface area (Å²) in [6.07, 6.45) is 3.35. The number of ether oxygens (including phenoxy) is 2. The Morgan fingerprint density at radius 2 is 1.96 bits per heavy atom. The first-order valence-corrected chi connectivity index (χ1v) is 9.22. The summed E-state index contributed by atoms with van der Waals surface area (Å²) in [5.41, 5.74) is 3.93. The van der Waals surface area contributed by atoms with Crippen molar-refractivity contribution in [3.63, 3.8) is 0 Å². The molecule has 2 aliphatic heterocycles. The minimum absolute atomic E-state index is 0.135. The van der Waals surface area contributed by atoms with Gasteiger partial charge in [-0.05, 0) is 43.6 Å². The largest absolute Gasteiger partial charge is 0.456 e. The van der Waals surface area contributed by atoms with Crippen molar-refractivity contribution >= 4 is 11.9 Å². The average molecular weight is 350 g/mol. The van der Waals surface area contributed by atoms with Gasteiger partial charge in [0.05, 0.1) is 0 Å². The van der Waals surface area contributed by atoms with Gasteiger partial charge in [0.25, 0.3) is 0 Å². The fourth-order valence-corrected chi connectivity index (χ4v) is 4.98. The quantitative estimate of drug-likeness (QED) is 0.584. The van der Waals surface area contributed by atoms with Crippen molar-refractivity contribution in [1.29, 1.82) is 0 Å². The minimum Gasteiger partial charge on any atom is -0.456 e. The van der Waals surface area contributed by atoms with Gasteiger partial charge in [-0.25, -0.2) is 4.79 Å². The van der Waals surface area contributed by atoms with Crippen LogP contribution < -0.4 is 11.1 Å². The number of nitrogens with one attached hydrogen (secondary N) is 1. The molecule has 6 nitrogen and oxygen atoms in total. The molecule has 0 aromatic heterocycles. The van der Waals surface area contributed by atoms with Crippen molar-refractivity contribution in [2.24, 2.45) is 22.5 Å². The normalized spacial score (nSPS) is 38.1. The van der Waals surface area contributed by atoms with E-state index in [1.807, 2.05) is 0 Å². The van der Waals surface area contributed by atoms with E-state index in [9.17, 15) is 9.59 Å². The summed E-state index contributed by atoms with van der Waals surface area (Å²) in [6, 6.07) is 0. The molecule has 0 radical (unpaired) electrons. The molecule has 1 saturated carbocycles. The fourth-order valence-electron chi connectivity index (χ4n) is 4.98. The zero-order chi connectivity index (χ0) is 18.5. The van der Waals surface area contributed by atoms with Gasteiger partial charge < -0.3 is 20.5 Å². The molecule has 2 heterocycles. The first-order valence-electron chi connectivity index (χ1n) is 9.22. The lowest BCUT2D eigenvalue weighted by Gasteiger charge is -2.49. The molecule has 0 aromatic rings. The summed E-state index contributed by atoms with van der Waals surface area (Å²) in [5, 5.41) is 3.24. The molecule has 0 aromatic carbocycles. The molecule has 25 heavy (non-hydrogen) atoms. The first kappa shape index (κ1) is 18.2. The number of carbonyl (C=O) groups excluding carboxylic acids is 2. The molecule has 1 aliphatic carbocycles. The monoisotopic (exact) mass is 350 g/mol. The highest BCUT2D eigenvalue weighted by Gasteiger charge is 2.71. The van der Waals surface area contributed by atoms with Crippen LogP contribution in [-0.2, 0) is 19.1 Å². The molecule has 3 N–H and O–H groups in total. The van der Waals surface area contributed by atoms with Gasteiger partial charge in [0.15, 0.2) is 11.7 Å². The van der Waals surface area contributed by atoms with Gasteiger partial charge in [-0.2, -0.15) is 0 Å². The molecule has 3 fully saturated rings. The predicted molar refractivity (Wildman–Crippen MR) is 93.4 cm³/mol. The maximum absolute atomic E-state index is 12.9. The SMILES string of the molecule is C=C(N)C(=O)OC12CCNCC1OC(=O)C21CCC(C(C)(C)C)CC1. The molecule has 6 heteroatoms. The van der Waals surface area contributed by atoms with Crippen LogP contribution in [-0.4, -0.2) is 36.7 Å². The van der Waals surface area contributed by atoms with E-state index in [0.717, 1.165) is 12.8 Å². The van der Waals surface area contributed by atoms with Gasteiger partial charge >= 0.3 is 11.9 Å². The number of rotatable bonds is 2. The van der Waals surface area contributed by atoms with E-state index in [0.29, 0.717) is 38.3 Å². The summed E-state index contributed by atoms with van der Waals surface area (Å²) in [7, 11) is 0. The van der Waals surface area contributed by atoms with Crippen LogP contribution in [0.4, 0.5) is 0 Å². The smallest absolute Gasteiger partial charge is 0.354 e. The molecule has 3 aliphatic rings. The summed E-state index contributed by atoms with van der Waals surface area (Å²) in [4.78, 5) is 25.2. The highest BCUT2D eigenvalue weighted by Crippen LogP contribution is 2.59. The molecular weight excluding hydrogens is 320 g/mol. The molecular formula is C19H30N2O4. The lowest BCUT2D eigenvalue weighted by molar-refractivity contribution is -0.184. The van der Waals surface area contributed by atoms with Crippen molar-refractivity contribution in [3.8, 4) is 0 Å². The minimum atomic E-state index is -0.933. The Morgan fingerprint density at radius 3 is 2.52 bits per heavy atom. The predicted octanol–water partition coefficient (Wildman–Crippen LogP) is 1.88. The molecule has 1 spiro atoms. The molecule has 2 atom stereocenters. The van der Waals surface area contributed by atoms with Crippen molar-refractivity contribution in [2.75, 3.05) is 13.1 Å². The second kappa shape index (κ2) is 6.01. The van der Waals surface area contributed by atoms with Crippen LogP contribution in [0.2, 0.25) is 0 Å². The van der Waals surface area contributed by atoms with Gasteiger partial charge in [-0.1, -0.05) is 27.4 Å². The second-order valence-corrected chi connectivity index (χ2v) is 8.87. The van der Waals surface area contributed by atoms with Gasteiger partial charge in [0.1, 0.15) is 11.1 Å². The van der Waals surface area contributed by atoms with E-state index in [4.69, 9.17) is 15.2 Å². The Bertz CT molecular complexity index is 587. The molecule has 0 bridgehead atoms. The van der Waals surface area contributed by atoms with Crippen LogP contribution in [0.1, 0.15) is 52.9 Å². The number of piperidine rings is 1. The Labute approximate surface area is 149 Å². The van der Waals surface area contributed by atoms with Gasteiger partial charge in [-0.15, -0.1) is 0 Å². The lowest BCUT2D eigenvalue weighted by atomic mass is 9.56. The topological polar surface area (TPSA) is 90.7 Å². The van der Waals surface area contributed by atoms with Crippen LogP contribution in [0.25, 0.3) is 0 Å². The Hall–Kier alpha value is -1.56. The van der Waals surface area contributed by atoms with E-state index in [2.05, 4.69) is 32.7 Å². The third-order valence-electron chi connectivity index (χ3n) is 6.57. The number of hydrogen-bond donors (Lipinski definition) is 2. The molecule has 2 saturated heterocycles. The van der Waals surface area contributed by atoms with Crippen LogP contribution in [0.15, 0.2) is 12.3 Å². The number of carbonyl (C=O) groups is 2. The highest BCUT2D eigenvalue weighted by molar-refractivity contribution is 5.89. The van der Waals surface area contributed by atoms with Crippen LogP contribution in [0.3, 0.4) is 0 Å². The van der Waals surface area contributed by atoms with E-state index in [1.54, 1.807) is 0 Å². The Balaban J connectivity index is 1.94. The van der Waals surface area contributed by atoms with E-state index >= 15 is 0 Å². The van der Waals surface area contributed by atoms with E-state index in [-0.39, 0.29) is 17.1 Å². The van der Waals surface area contributed by atoms with Gasteiger partial charge in [-0.3, -0.25) is 4.79 Å². The first-order chi connectivity index (χ1) is 11.6. The van der Waals surface area contributed by atoms with Gasteiger partial charge in [0.2, 0.25) is 0 Å². The van der Waals surface area contributed by atoms with Crippen molar-refractivity contribution in [3.05, 3.63) is 12.3 Å². The summed E-state index contributed by atoms with van der Waals surface area (Å²) in [5.74, 6) is -0.310. The maximum atomic E-state index is 12.9. The Morgan fingerprint density at radius 1 is 1.32 bits per heavy atom. The Kier molecular flexibility index (Phi) is 4.38. The summed E-state index contributed by atoms with van der Waals surface area (Å²) >= 11 is 0. The molecule has 0 amide bonds. The van der Waals surface area contributed by atoms with Crippen molar-refractivity contribution in [2.45, 2.75) is 64.6 Å². The average Bonchev–Trinajstić information content (AvgIpc) is 2.76. The number of hydrogen-bond acceptors (Lipinski definition) is 6. The third kappa shape index (κ3) is 2.75. The maximum Gasteiger partial charge on any atom is 0.354 e. The third-order valence-corrected chi connectivity index (χ3v) is 6.57. The van der Waals surface area contributed by atoms with Crippen LogP contribution >= 0.6 is 0 Å². The summed E-state index contributed by atoms with van der Waals surface area (Å²) < 4.78 is 11.6. The van der Waals surface area contributed by atoms with E-state index < -0.39 is 23.1 Å².